The van der Waals surface area contributed by atoms with Gasteiger partial charge in [0.2, 0.25) is 0 Å². The zero-order valence-corrected chi connectivity index (χ0v) is 37.9. The predicted molar refractivity (Wildman–Crippen MR) is 234 cm³/mol. The smallest absolute Gasteiger partial charge is 0.397 e. The lowest BCUT2D eigenvalue weighted by Gasteiger charge is -2.41. The van der Waals surface area contributed by atoms with E-state index in [-0.39, 0.29) is 19.6 Å². The Kier molecular flexibility index (Phi) is 36.1. The maximum atomic E-state index is 12.8. The average Bonchev–Trinajstić information content (AvgIpc) is 3.20. The summed E-state index contributed by atoms with van der Waals surface area (Å²) in [5.74, 6) is -0.411. The Balaban J connectivity index is 2.40. The van der Waals surface area contributed by atoms with Gasteiger partial charge in [0.15, 0.2) is 6.29 Å². The second-order valence-corrected chi connectivity index (χ2v) is 17.4. The van der Waals surface area contributed by atoms with Crippen LogP contribution in [0.4, 0.5) is 0 Å². The van der Waals surface area contributed by atoms with Crippen LogP contribution in [0.3, 0.4) is 0 Å². The van der Waals surface area contributed by atoms with E-state index >= 15 is 0 Å². The lowest BCUT2D eigenvalue weighted by molar-refractivity contribution is -0.301. The molecule has 0 radical (unpaired) electrons. The predicted octanol–water partition coefficient (Wildman–Crippen LogP) is 10.0. The third-order valence-corrected chi connectivity index (χ3v) is 11.3. The van der Waals surface area contributed by atoms with E-state index in [4.69, 9.17) is 23.5 Å². The number of hydrogen-bond acceptors (Lipinski definition) is 11. The van der Waals surface area contributed by atoms with E-state index in [1.165, 1.54) is 109 Å². The van der Waals surface area contributed by atoms with Gasteiger partial charge in [-0.1, -0.05) is 179 Å². The van der Waals surface area contributed by atoms with Crippen LogP contribution in [-0.2, 0) is 38.3 Å². The molecule has 1 aliphatic heterocycles. The van der Waals surface area contributed by atoms with Crippen molar-refractivity contribution >= 4 is 16.4 Å². The van der Waals surface area contributed by atoms with E-state index < -0.39 is 59.8 Å². The van der Waals surface area contributed by atoms with Gasteiger partial charge in [-0.3, -0.25) is 9.35 Å². The number of allylic oxidation sites excluding steroid dienone is 4. The monoisotopic (exact) mass is 863 g/mol. The SMILES string of the molecule is CCCC/C=C\C/C=C\CCCCCCCC(=O)OC(COCCCCCCCCCCCCCCCCCCCC)COC1OC(CO)C(O)C(OS(=O)(=O)O)C1O. The summed E-state index contributed by atoms with van der Waals surface area (Å²) in [7, 11) is -5.06. The van der Waals surface area contributed by atoms with Crippen molar-refractivity contribution < 1.29 is 56.2 Å². The molecule has 1 aliphatic rings. The zero-order valence-electron chi connectivity index (χ0n) is 37.1. The molecule has 1 rings (SSSR count). The van der Waals surface area contributed by atoms with Gasteiger partial charge >= 0.3 is 16.4 Å². The normalized spacial score (nSPS) is 20.5. The lowest BCUT2D eigenvalue weighted by atomic mass is 9.99. The Labute approximate surface area is 359 Å². The number of esters is 1. The second-order valence-electron chi connectivity index (χ2n) is 16.4. The Morgan fingerprint density at radius 1 is 0.644 bits per heavy atom. The van der Waals surface area contributed by atoms with Crippen LogP contribution in [0.1, 0.15) is 200 Å². The molecule has 0 amide bonds. The molecule has 6 unspecified atom stereocenters. The third-order valence-electron chi connectivity index (χ3n) is 10.8. The summed E-state index contributed by atoms with van der Waals surface area (Å²) in [5.41, 5.74) is 0. The molecule has 13 heteroatoms. The zero-order chi connectivity index (χ0) is 43.2. The number of ether oxygens (including phenoxy) is 4. The van der Waals surface area contributed by atoms with Gasteiger partial charge in [0.1, 0.15) is 30.5 Å². The molecule has 0 aliphatic carbocycles. The lowest BCUT2D eigenvalue weighted by Crippen LogP contribution is -2.60. The van der Waals surface area contributed by atoms with Crippen molar-refractivity contribution in [3.63, 3.8) is 0 Å². The highest BCUT2D eigenvalue weighted by Crippen LogP contribution is 2.26. The maximum Gasteiger partial charge on any atom is 0.397 e. The molecule has 1 fully saturated rings. The maximum absolute atomic E-state index is 12.8. The fraction of sp³-hybridized carbons (Fsp3) is 0.891. The Bertz CT molecular complexity index is 1130. The molecule has 0 aromatic heterocycles. The summed E-state index contributed by atoms with van der Waals surface area (Å²) in [6.07, 6.45) is 33.5. The molecule has 0 saturated carbocycles. The molecule has 0 bridgehead atoms. The summed E-state index contributed by atoms with van der Waals surface area (Å²) in [6, 6.07) is 0. The number of carbonyl (C=O) groups is 1. The van der Waals surface area contributed by atoms with Crippen LogP contribution < -0.4 is 0 Å². The van der Waals surface area contributed by atoms with Gasteiger partial charge in [0, 0.05) is 13.0 Å². The van der Waals surface area contributed by atoms with Gasteiger partial charge in [-0.15, -0.1) is 0 Å². The third kappa shape index (κ3) is 32.0. The number of aliphatic hydroxyl groups excluding tert-OH is 3. The quantitative estimate of drug-likeness (QED) is 0.0198. The minimum atomic E-state index is -5.06. The van der Waals surface area contributed by atoms with Gasteiger partial charge in [-0.25, -0.2) is 4.18 Å². The van der Waals surface area contributed by atoms with Crippen molar-refractivity contribution in [1.29, 1.82) is 0 Å². The van der Waals surface area contributed by atoms with Crippen LogP contribution in [0.25, 0.3) is 0 Å². The van der Waals surface area contributed by atoms with E-state index in [9.17, 15) is 28.5 Å². The van der Waals surface area contributed by atoms with Gasteiger partial charge in [0.05, 0.1) is 19.8 Å². The summed E-state index contributed by atoms with van der Waals surface area (Å²) >= 11 is 0. The van der Waals surface area contributed by atoms with Gasteiger partial charge in [0.25, 0.3) is 0 Å². The average molecular weight is 863 g/mol. The molecule has 0 spiro atoms. The molecule has 1 saturated heterocycles. The fourth-order valence-corrected chi connectivity index (χ4v) is 7.73. The molecule has 12 nitrogen and oxygen atoms in total. The van der Waals surface area contributed by atoms with Crippen LogP contribution in [0.15, 0.2) is 24.3 Å². The Morgan fingerprint density at radius 2 is 1.14 bits per heavy atom. The van der Waals surface area contributed by atoms with E-state index in [0.717, 1.165) is 64.2 Å². The van der Waals surface area contributed by atoms with Crippen LogP contribution in [0.5, 0.6) is 0 Å². The number of rotatable bonds is 41. The largest absolute Gasteiger partial charge is 0.457 e. The molecule has 4 N–H and O–H groups in total. The highest BCUT2D eigenvalue weighted by atomic mass is 32.3. The van der Waals surface area contributed by atoms with E-state index in [0.29, 0.717) is 13.0 Å². The van der Waals surface area contributed by atoms with Crippen LogP contribution in [-0.4, -0.2) is 97.5 Å². The van der Waals surface area contributed by atoms with Crippen LogP contribution >= 0.6 is 0 Å². The number of unbranched alkanes of at least 4 members (excludes halogenated alkanes) is 24. The minimum absolute atomic E-state index is 0.0343. The number of aliphatic hydroxyl groups is 3. The molecule has 6 atom stereocenters. The fourth-order valence-electron chi connectivity index (χ4n) is 7.22. The standard InChI is InChI=1S/C46H86O12S/c1-3-5-7-9-11-13-15-17-19-20-21-22-24-26-28-30-32-34-36-54-38-40(39-55-46-44(50)45(58-59(51,52)53)43(49)41(37-47)57-46)56-42(48)35-33-31-29-27-25-23-18-16-14-12-10-8-6-4-2/h10,12,16,18,40-41,43-47,49-50H,3-9,11,13-15,17,19-39H2,1-2H3,(H,51,52,53)/b12-10-,18-16-. The molecular formula is C46H86O12S. The first kappa shape index (κ1) is 55.6. The molecular weight excluding hydrogens is 777 g/mol. The Morgan fingerprint density at radius 3 is 1.66 bits per heavy atom. The number of hydrogen-bond donors (Lipinski definition) is 4. The first-order valence-electron chi connectivity index (χ1n) is 23.6. The summed E-state index contributed by atoms with van der Waals surface area (Å²) in [4.78, 5) is 12.8. The second kappa shape index (κ2) is 38.3. The van der Waals surface area contributed by atoms with E-state index in [1.54, 1.807) is 0 Å². The molecule has 1 heterocycles. The number of carbonyl (C=O) groups excluding carboxylic acids is 1. The van der Waals surface area contributed by atoms with Crippen molar-refractivity contribution in [2.24, 2.45) is 0 Å². The highest BCUT2D eigenvalue weighted by Gasteiger charge is 2.48. The Hall–Kier alpha value is -1.42. The van der Waals surface area contributed by atoms with Crippen molar-refractivity contribution in [1.82, 2.24) is 0 Å². The van der Waals surface area contributed by atoms with Crippen molar-refractivity contribution in [3.8, 4) is 0 Å². The first-order chi connectivity index (χ1) is 28.6. The van der Waals surface area contributed by atoms with E-state index in [2.05, 4.69) is 42.3 Å². The van der Waals surface area contributed by atoms with Gasteiger partial charge in [-0.05, 0) is 38.5 Å². The van der Waals surface area contributed by atoms with Crippen LogP contribution in [0.2, 0.25) is 0 Å². The summed E-state index contributed by atoms with van der Waals surface area (Å²) in [5, 5.41) is 30.7. The highest BCUT2D eigenvalue weighted by molar-refractivity contribution is 7.80. The minimum Gasteiger partial charge on any atom is -0.457 e. The van der Waals surface area contributed by atoms with Gasteiger partial charge < -0.3 is 34.3 Å². The van der Waals surface area contributed by atoms with E-state index in [1.807, 2.05) is 0 Å². The van der Waals surface area contributed by atoms with Crippen molar-refractivity contribution in [2.45, 2.75) is 237 Å². The molecule has 0 aromatic rings. The summed E-state index contributed by atoms with van der Waals surface area (Å²) in [6.45, 7) is 3.96. The molecule has 0 aromatic carbocycles. The first-order valence-corrected chi connectivity index (χ1v) is 25.0. The van der Waals surface area contributed by atoms with Crippen molar-refractivity contribution in [3.05, 3.63) is 24.3 Å². The van der Waals surface area contributed by atoms with Crippen LogP contribution in [0, 0.1) is 0 Å². The van der Waals surface area contributed by atoms with Gasteiger partial charge in [-0.2, -0.15) is 8.42 Å². The van der Waals surface area contributed by atoms with Crippen molar-refractivity contribution in [2.75, 3.05) is 26.4 Å². The summed E-state index contributed by atoms with van der Waals surface area (Å²) < 4.78 is 59.1. The topological polar surface area (TPSA) is 178 Å². The molecule has 59 heavy (non-hydrogen) atoms. The molecule has 348 valence electrons.